The number of phenols is 1. The van der Waals surface area contributed by atoms with Crippen LogP contribution in [-0.2, 0) is 6.42 Å². The number of methoxy groups -OCH3 is 1. The molecule has 1 aliphatic carbocycles. The number of aromatic hydroxyl groups is 1. The number of phenolic OH excluding ortho intramolecular Hbond substituents is 1. The lowest BCUT2D eigenvalue weighted by Crippen LogP contribution is -2.20. The van der Waals surface area contributed by atoms with Crippen molar-refractivity contribution in [3.05, 3.63) is 95.1 Å². The molecule has 0 spiro atoms. The van der Waals surface area contributed by atoms with Crippen molar-refractivity contribution >= 4 is 0 Å². The Kier molecular flexibility index (Phi) is 4.19. The second kappa shape index (κ2) is 6.64. The first-order valence-electron chi connectivity index (χ1n) is 8.77. The van der Waals surface area contributed by atoms with Crippen LogP contribution in [0.4, 0.5) is 0 Å². The summed E-state index contributed by atoms with van der Waals surface area (Å²) in [6.07, 6.45) is 2.16. The maximum atomic E-state index is 9.69. The van der Waals surface area contributed by atoms with Gasteiger partial charge >= 0.3 is 0 Å². The van der Waals surface area contributed by atoms with Crippen molar-refractivity contribution < 1.29 is 9.84 Å². The van der Waals surface area contributed by atoms with Crippen LogP contribution >= 0.6 is 0 Å². The Morgan fingerprint density at radius 1 is 0.880 bits per heavy atom. The molecule has 3 aromatic rings. The molecule has 25 heavy (non-hydrogen) atoms. The molecule has 2 heteroatoms. The first-order chi connectivity index (χ1) is 12.3. The molecule has 0 heterocycles. The first-order valence-corrected chi connectivity index (χ1v) is 8.77. The number of aryl methyl sites for hydroxylation is 1. The average molecular weight is 330 g/mol. The van der Waals surface area contributed by atoms with E-state index in [4.69, 9.17) is 4.74 Å². The number of hydrogen-bond donors (Lipinski definition) is 1. The van der Waals surface area contributed by atoms with Crippen LogP contribution in [0, 0.1) is 0 Å². The maximum absolute atomic E-state index is 9.69. The summed E-state index contributed by atoms with van der Waals surface area (Å²) in [4.78, 5) is 0. The average Bonchev–Trinajstić information content (AvgIpc) is 2.68. The van der Waals surface area contributed by atoms with Crippen LogP contribution in [0.1, 0.15) is 40.5 Å². The van der Waals surface area contributed by atoms with Gasteiger partial charge in [-0.1, -0.05) is 48.5 Å². The molecule has 0 aromatic heterocycles. The van der Waals surface area contributed by atoms with E-state index in [1.807, 2.05) is 0 Å². The highest BCUT2D eigenvalue weighted by Gasteiger charge is 2.32. The fourth-order valence-electron chi connectivity index (χ4n) is 4.08. The molecular formula is C23H22O2. The highest BCUT2D eigenvalue weighted by Crippen LogP contribution is 2.47. The Bertz CT molecular complexity index is 853. The molecule has 2 atom stereocenters. The Morgan fingerprint density at radius 3 is 2.36 bits per heavy atom. The highest BCUT2D eigenvalue weighted by atomic mass is 16.5. The minimum Gasteiger partial charge on any atom is -0.508 e. The van der Waals surface area contributed by atoms with Gasteiger partial charge in [-0.15, -0.1) is 0 Å². The van der Waals surface area contributed by atoms with Gasteiger partial charge in [0.25, 0.3) is 0 Å². The van der Waals surface area contributed by atoms with Crippen molar-refractivity contribution in [3.8, 4) is 11.5 Å². The molecule has 0 fully saturated rings. The predicted octanol–water partition coefficient (Wildman–Crippen LogP) is 5.26. The van der Waals surface area contributed by atoms with E-state index in [2.05, 4.69) is 60.7 Å². The summed E-state index contributed by atoms with van der Waals surface area (Å²) >= 11 is 0. The second-order valence-electron chi connectivity index (χ2n) is 6.69. The van der Waals surface area contributed by atoms with E-state index in [1.165, 1.54) is 22.3 Å². The van der Waals surface area contributed by atoms with Crippen molar-refractivity contribution in [3.63, 3.8) is 0 Å². The number of rotatable bonds is 3. The molecule has 3 aromatic carbocycles. The molecule has 0 bridgehead atoms. The van der Waals surface area contributed by atoms with E-state index in [-0.39, 0.29) is 5.92 Å². The summed E-state index contributed by atoms with van der Waals surface area (Å²) in [6, 6.07) is 24.9. The van der Waals surface area contributed by atoms with Crippen LogP contribution < -0.4 is 4.74 Å². The molecule has 1 aliphatic rings. The molecule has 2 nitrogen and oxygen atoms in total. The quantitative estimate of drug-likeness (QED) is 0.709. The lowest BCUT2D eigenvalue weighted by Gasteiger charge is -2.35. The van der Waals surface area contributed by atoms with Gasteiger partial charge in [0.05, 0.1) is 7.11 Å². The van der Waals surface area contributed by atoms with E-state index in [1.54, 1.807) is 19.2 Å². The Labute approximate surface area is 148 Å². The monoisotopic (exact) mass is 330 g/mol. The Morgan fingerprint density at radius 2 is 1.64 bits per heavy atom. The van der Waals surface area contributed by atoms with Crippen molar-refractivity contribution in [1.29, 1.82) is 0 Å². The third-order valence-electron chi connectivity index (χ3n) is 5.29. The zero-order valence-corrected chi connectivity index (χ0v) is 14.4. The molecule has 0 saturated heterocycles. The topological polar surface area (TPSA) is 29.5 Å². The normalized spacial score (nSPS) is 19.2. The van der Waals surface area contributed by atoms with E-state index in [9.17, 15) is 5.11 Å². The molecule has 0 aliphatic heterocycles. The summed E-state index contributed by atoms with van der Waals surface area (Å²) < 4.78 is 5.42. The van der Waals surface area contributed by atoms with Gasteiger partial charge in [-0.2, -0.15) is 0 Å². The van der Waals surface area contributed by atoms with Gasteiger partial charge in [-0.3, -0.25) is 0 Å². The van der Waals surface area contributed by atoms with Gasteiger partial charge in [0.15, 0.2) is 0 Å². The minimum absolute atomic E-state index is 0.289. The zero-order valence-electron chi connectivity index (χ0n) is 14.4. The Hall–Kier alpha value is -2.74. The predicted molar refractivity (Wildman–Crippen MR) is 100 cm³/mol. The van der Waals surface area contributed by atoms with Gasteiger partial charge in [0, 0.05) is 5.92 Å². The third-order valence-corrected chi connectivity index (χ3v) is 5.29. The van der Waals surface area contributed by atoms with Crippen LogP contribution in [0.2, 0.25) is 0 Å². The molecule has 0 amide bonds. The van der Waals surface area contributed by atoms with Gasteiger partial charge in [0.1, 0.15) is 11.5 Å². The maximum Gasteiger partial charge on any atom is 0.119 e. The molecule has 0 radical (unpaired) electrons. The van der Waals surface area contributed by atoms with Crippen molar-refractivity contribution in [2.75, 3.05) is 7.11 Å². The van der Waals surface area contributed by atoms with Crippen LogP contribution in [0.3, 0.4) is 0 Å². The highest BCUT2D eigenvalue weighted by molar-refractivity contribution is 5.48. The van der Waals surface area contributed by atoms with Crippen molar-refractivity contribution in [2.24, 2.45) is 0 Å². The molecule has 0 unspecified atom stereocenters. The standard InChI is InChI=1S/C23H22O2/c1-25-20-12-14-22-18(15-20)9-13-21(16-5-3-2-4-6-16)23(22)17-7-10-19(24)11-8-17/h2-8,10-12,14-15,21,23-24H,9,13H2,1H3/t21-,23-/m0/s1. The third kappa shape index (κ3) is 3.00. The van der Waals surface area contributed by atoms with Crippen molar-refractivity contribution in [1.82, 2.24) is 0 Å². The lowest BCUT2D eigenvalue weighted by atomic mass is 9.69. The minimum atomic E-state index is 0.289. The summed E-state index contributed by atoms with van der Waals surface area (Å²) in [5.74, 6) is 1.96. The van der Waals surface area contributed by atoms with Gasteiger partial charge in [-0.25, -0.2) is 0 Å². The molecular weight excluding hydrogens is 308 g/mol. The number of hydrogen-bond acceptors (Lipinski definition) is 2. The van der Waals surface area contributed by atoms with Gasteiger partial charge in [-0.05, 0) is 65.3 Å². The lowest BCUT2D eigenvalue weighted by molar-refractivity contribution is 0.412. The van der Waals surface area contributed by atoms with Gasteiger partial charge in [0.2, 0.25) is 0 Å². The summed E-state index contributed by atoms with van der Waals surface area (Å²) in [6.45, 7) is 0. The SMILES string of the molecule is COc1ccc2c(c1)CC[C@@H](c1ccccc1)[C@@H]2c1ccc(O)cc1. The largest absolute Gasteiger partial charge is 0.508 e. The fourth-order valence-corrected chi connectivity index (χ4v) is 4.08. The van der Waals surface area contributed by atoms with Crippen LogP contribution in [-0.4, -0.2) is 12.2 Å². The molecule has 4 rings (SSSR count). The smallest absolute Gasteiger partial charge is 0.119 e. The number of benzene rings is 3. The number of fused-ring (bicyclic) bond motifs is 1. The Balaban J connectivity index is 1.84. The van der Waals surface area contributed by atoms with E-state index < -0.39 is 0 Å². The molecule has 1 N–H and O–H groups in total. The van der Waals surface area contributed by atoms with E-state index in [0.29, 0.717) is 11.7 Å². The van der Waals surface area contributed by atoms with E-state index in [0.717, 1.165) is 18.6 Å². The van der Waals surface area contributed by atoms with Crippen LogP contribution in [0.15, 0.2) is 72.8 Å². The zero-order chi connectivity index (χ0) is 17.2. The first kappa shape index (κ1) is 15.8. The van der Waals surface area contributed by atoms with Crippen molar-refractivity contribution in [2.45, 2.75) is 24.7 Å². The van der Waals surface area contributed by atoms with Gasteiger partial charge < -0.3 is 9.84 Å². The fraction of sp³-hybridized carbons (Fsp3) is 0.217. The summed E-state index contributed by atoms with van der Waals surface area (Å²) in [7, 11) is 1.72. The number of ether oxygens (including phenoxy) is 1. The van der Waals surface area contributed by atoms with Crippen LogP contribution in [0.5, 0.6) is 11.5 Å². The second-order valence-corrected chi connectivity index (χ2v) is 6.69. The molecule has 126 valence electrons. The summed E-state index contributed by atoms with van der Waals surface area (Å²) in [5.41, 5.74) is 5.36. The van der Waals surface area contributed by atoms with E-state index >= 15 is 0 Å². The molecule has 0 saturated carbocycles. The summed E-state index contributed by atoms with van der Waals surface area (Å²) in [5, 5.41) is 9.69. The van der Waals surface area contributed by atoms with Crippen LogP contribution in [0.25, 0.3) is 0 Å².